The number of aliphatic hydroxyl groups excluding tert-OH is 3. The number of nitrogens with zero attached hydrogens (tertiary/aromatic N) is 1. The summed E-state index contributed by atoms with van der Waals surface area (Å²) in [5, 5.41) is 41.2. The van der Waals surface area contributed by atoms with Crippen molar-refractivity contribution in [3.63, 3.8) is 0 Å². The molecular formula is C37H49NO11. The zero-order chi connectivity index (χ0) is 35.6. The summed E-state index contributed by atoms with van der Waals surface area (Å²) < 4.78 is 16.3. The number of rotatable bonds is 22. The standard InChI is InChI=1S/C37H49NO11/c1-3-36(42)48-33(15-11-23-47-38(44)45)27-18-22-34(35(24-27)46-2)49-37(43)16-10-5-4-9-14-29-30(32(41)25-31(29)40)21-20-28(39)19-17-26-12-7-6-8-13-26/h3-4,6-9,12-13,18,22,24,28-33,39-41H,1,5,10-11,14-17,19-21,23,25H2,2H3/t28?,29-,30-,31+,32-,33-/m1/s1. The van der Waals surface area contributed by atoms with Gasteiger partial charge >= 0.3 is 11.9 Å². The van der Waals surface area contributed by atoms with Crippen LogP contribution in [0.15, 0.2) is 73.3 Å². The third-order valence-electron chi connectivity index (χ3n) is 8.81. The molecule has 1 aliphatic carbocycles. The van der Waals surface area contributed by atoms with E-state index in [1.807, 2.05) is 42.5 Å². The lowest BCUT2D eigenvalue weighted by Gasteiger charge is -2.23. The quantitative estimate of drug-likeness (QED) is 0.0268. The first kappa shape index (κ1) is 39.2. The van der Waals surface area contributed by atoms with E-state index in [0.29, 0.717) is 50.5 Å². The lowest BCUT2D eigenvalue weighted by molar-refractivity contribution is -0.757. The average molecular weight is 684 g/mol. The molecule has 2 aromatic carbocycles. The second-order valence-electron chi connectivity index (χ2n) is 12.3. The number of carbonyl (C=O) groups is 2. The van der Waals surface area contributed by atoms with Gasteiger partial charge in [-0.15, -0.1) is 10.1 Å². The fourth-order valence-corrected chi connectivity index (χ4v) is 6.18. The van der Waals surface area contributed by atoms with Crippen LogP contribution in [0.3, 0.4) is 0 Å². The Balaban J connectivity index is 1.43. The van der Waals surface area contributed by atoms with Crippen LogP contribution in [-0.2, 0) is 25.6 Å². The number of unbranched alkanes of at least 4 members (excludes halogenated alkanes) is 1. The molecule has 0 amide bonds. The van der Waals surface area contributed by atoms with Gasteiger partial charge in [0.25, 0.3) is 5.09 Å². The van der Waals surface area contributed by atoms with Crippen LogP contribution in [0.5, 0.6) is 11.5 Å². The summed E-state index contributed by atoms with van der Waals surface area (Å²) in [6.07, 6.45) is 7.92. The number of methoxy groups -OCH3 is 1. The van der Waals surface area contributed by atoms with Gasteiger partial charge in [0, 0.05) is 12.5 Å². The summed E-state index contributed by atoms with van der Waals surface area (Å²) >= 11 is 0. The van der Waals surface area contributed by atoms with E-state index in [0.717, 1.165) is 12.5 Å². The highest BCUT2D eigenvalue weighted by Gasteiger charge is 2.40. The molecule has 6 atom stereocenters. The summed E-state index contributed by atoms with van der Waals surface area (Å²) in [5.41, 5.74) is 1.72. The molecule has 0 saturated heterocycles. The van der Waals surface area contributed by atoms with Crippen molar-refractivity contribution in [2.24, 2.45) is 11.8 Å². The molecule has 0 aromatic heterocycles. The van der Waals surface area contributed by atoms with E-state index >= 15 is 0 Å². The van der Waals surface area contributed by atoms with Crippen molar-refractivity contribution in [3.05, 3.63) is 94.6 Å². The number of allylic oxidation sites excluding steroid dienone is 2. The number of hydrogen-bond acceptors (Lipinski definition) is 11. The summed E-state index contributed by atoms with van der Waals surface area (Å²) in [4.78, 5) is 39.2. The largest absolute Gasteiger partial charge is 0.493 e. The van der Waals surface area contributed by atoms with Crippen LogP contribution in [0.1, 0.15) is 81.4 Å². The Kier molecular flexibility index (Phi) is 16.8. The van der Waals surface area contributed by atoms with Crippen molar-refractivity contribution in [2.75, 3.05) is 13.7 Å². The van der Waals surface area contributed by atoms with Crippen molar-refractivity contribution in [1.29, 1.82) is 0 Å². The third kappa shape index (κ3) is 13.6. The predicted octanol–water partition coefficient (Wildman–Crippen LogP) is 5.61. The molecule has 1 aliphatic rings. The van der Waals surface area contributed by atoms with Gasteiger partial charge in [0.2, 0.25) is 0 Å². The Labute approximate surface area is 287 Å². The number of aryl methyl sites for hydroxylation is 1. The van der Waals surface area contributed by atoms with Crippen LogP contribution in [0.25, 0.3) is 0 Å². The van der Waals surface area contributed by atoms with Gasteiger partial charge in [-0.2, -0.15) is 0 Å². The Morgan fingerprint density at radius 3 is 2.49 bits per heavy atom. The Bertz CT molecular complexity index is 1370. The maximum Gasteiger partial charge on any atom is 0.330 e. The van der Waals surface area contributed by atoms with E-state index in [1.165, 1.54) is 18.7 Å². The molecule has 0 radical (unpaired) electrons. The fourth-order valence-electron chi connectivity index (χ4n) is 6.18. The highest BCUT2D eigenvalue weighted by molar-refractivity contribution is 5.81. The number of aliphatic hydroxyl groups is 3. The van der Waals surface area contributed by atoms with Crippen LogP contribution >= 0.6 is 0 Å². The maximum absolute atomic E-state index is 12.6. The van der Waals surface area contributed by atoms with E-state index in [2.05, 4.69) is 11.4 Å². The molecule has 1 fully saturated rings. The number of esters is 2. The Hall–Kier alpha value is -4.26. The molecule has 0 spiro atoms. The first-order valence-electron chi connectivity index (χ1n) is 16.8. The zero-order valence-corrected chi connectivity index (χ0v) is 28.1. The van der Waals surface area contributed by atoms with Gasteiger partial charge in [0.15, 0.2) is 11.5 Å². The van der Waals surface area contributed by atoms with E-state index in [9.17, 15) is 35.0 Å². The summed E-state index contributed by atoms with van der Waals surface area (Å²) in [5.74, 6) is -0.849. The van der Waals surface area contributed by atoms with Gasteiger partial charge < -0.3 is 34.4 Å². The summed E-state index contributed by atoms with van der Waals surface area (Å²) in [7, 11) is 1.41. The second-order valence-corrected chi connectivity index (χ2v) is 12.3. The molecule has 12 nitrogen and oxygen atoms in total. The first-order chi connectivity index (χ1) is 23.6. The lowest BCUT2D eigenvalue weighted by Crippen LogP contribution is -2.23. The lowest BCUT2D eigenvalue weighted by atomic mass is 9.85. The normalized spacial score (nSPS) is 20.0. The molecule has 49 heavy (non-hydrogen) atoms. The minimum Gasteiger partial charge on any atom is -0.493 e. The average Bonchev–Trinajstić information content (AvgIpc) is 3.36. The number of hydrogen-bond donors (Lipinski definition) is 3. The molecular weight excluding hydrogens is 634 g/mol. The summed E-state index contributed by atoms with van der Waals surface area (Å²) in [6.45, 7) is 3.24. The van der Waals surface area contributed by atoms with E-state index < -0.39 is 41.4 Å². The van der Waals surface area contributed by atoms with Crippen LogP contribution in [-0.4, -0.2) is 64.4 Å². The minimum absolute atomic E-state index is 0.0886. The third-order valence-corrected chi connectivity index (χ3v) is 8.81. The monoisotopic (exact) mass is 683 g/mol. The molecule has 3 N–H and O–H groups in total. The van der Waals surface area contributed by atoms with Crippen LogP contribution in [0, 0.1) is 22.0 Å². The second kappa shape index (κ2) is 21.0. The smallest absolute Gasteiger partial charge is 0.330 e. The van der Waals surface area contributed by atoms with Crippen molar-refractivity contribution in [3.8, 4) is 11.5 Å². The highest BCUT2D eigenvalue weighted by Crippen LogP contribution is 2.39. The van der Waals surface area contributed by atoms with Gasteiger partial charge in [0.1, 0.15) is 6.10 Å². The van der Waals surface area contributed by atoms with E-state index in [1.54, 1.807) is 12.1 Å². The number of carbonyl (C=O) groups excluding carboxylic acids is 2. The number of benzene rings is 2. The van der Waals surface area contributed by atoms with Crippen molar-refractivity contribution < 1.29 is 49.0 Å². The van der Waals surface area contributed by atoms with Crippen molar-refractivity contribution in [1.82, 2.24) is 0 Å². The van der Waals surface area contributed by atoms with Gasteiger partial charge in [-0.25, -0.2) is 4.79 Å². The van der Waals surface area contributed by atoms with Gasteiger partial charge in [-0.1, -0.05) is 55.1 Å². The van der Waals surface area contributed by atoms with Crippen molar-refractivity contribution in [2.45, 2.75) is 95.0 Å². The van der Waals surface area contributed by atoms with E-state index in [-0.39, 0.29) is 49.2 Å². The van der Waals surface area contributed by atoms with E-state index in [4.69, 9.17) is 14.2 Å². The summed E-state index contributed by atoms with van der Waals surface area (Å²) in [6, 6.07) is 14.8. The topological polar surface area (TPSA) is 175 Å². The zero-order valence-electron chi connectivity index (χ0n) is 28.1. The van der Waals surface area contributed by atoms with Gasteiger partial charge in [-0.05, 0) is 99.3 Å². The van der Waals surface area contributed by atoms with Crippen molar-refractivity contribution >= 4 is 11.9 Å². The first-order valence-corrected chi connectivity index (χ1v) is 16.8. The Morgan fingerprint density at radius 1 is 1.02 bits per heavy atom. The van der Waals surface area contributed by atoms with Crippen LogP contribution in [0.4, 0.5) is 0 Å². The predicted molar refractivity (Wildman–Crippen MR) is 181 cm³/mol. The molecule has 0 aliphatic heterocycles. The minimum atomic E-state index is -0.889. The molecule has 3 rings (SSSR count). The maximum atomic E-state index is 12.6. The molecule has 2 aromatic rings. The molecule has 268 valence electrons. The fraction of sp³-hybridized carbons (Fsp3) is 0.514. The molecule has 1 saturated carbocycles. The Morgan fingerprint density at radius 2 is 1.78 bits per heavy atom. The molecule has 0 bridgehead atoms. The molecule has 12 heteroatoms. The van der Waals surface area contributed by atoms with Gasteiger partial charge in [-0.3, -0.25) is 4.79 Å². The number of ether oxygens (including phenoxy) is 3. The van der Waals surface area contributed by atoms with Crippen LogP contribution in [0.2, 0.25) is 0 Å². The van der Waals surface area contributed by atoms with Crippen LogP contribution < -0.4 is 9.47 Å². The molecule has 1 unspecified atom stereocenters. The SMILES string of the molecule is C=CC(=O)O[C@H](CCCO[N+](=O)[O-])c1ccc(OC(=O)CCCC=CC[C@@H]2[C@@H](CCC(O)CCc3ccccc3)[C@H](O)C[C@@H]2O)c(OC)c1. The molecule has 0 heterocycles. The highest BCUT2D eigenvalue weighted by atomic mass is 16.9. The van der Waals surface area contributed by atoms with Gasteiger partial charge in [0.05, 0.1) is 32.0 Å².